The number of carbonyl (C=O) groups is 2. The van der Waals surface area contributed by atoms with Gasteiger partial charge in [0.15, 0.2) is 0 Å². The average molecular weight is 312 g/mol. The summed E-state index contributed by atoms with van der Waals surface area (Å²) < 4.78 is 0. The van der Waals surface area contributed by atoms with E-state index < -0.39 is 5.91 Å². The number of benzene rings is 2. The summed E-state index contributed by atoms with van der Waals surface area (Å²) in [6, 6.07) is 14.9. The van der Waals surface area contributed by atoms with Crippen LogP contribution >= 0.6 is 11.8 Å². The fourth-order valence-corrected chi connectivity index (χ4v) is 3.80. The van der Waals surface area contributed by atoms with E-state index in [0.29, 0.717) is 5.56 Å². The summed E-state index contributed by atoms with van der Waals surface area (Å²) >= 11 is 1.61. The Kier molecular flexibility index (Phi) is 3.90. The third-order valence-electron chi connectivity index (χ3n) is 3.79. The summed E-state index contributed by atoms with van der Waals surface area (Å²) in [6.07, 6.45) is 0.753. The molecule has 1 atom stereocenters. The predicted molar refractivity (Wildman–Crippen MR) is 88.2 cm³/mol. The highest BCUT2D eigenvalue weighted by Crippen LogP contribution is 2.37. The molecule has 3 rings (SSSR count). The zero-order valence-electron chi connectivity index (χ0n) is 12.2. The zero-order chi connectivity index (χ0) is 15.7. The molecule has 0 saturated heterocycles. The van der Waals surface area contributed by atoms with Gasteiger partial charge in [-0.05, 0) is 42.3 Å². The molecule has 22 heavy (non-hydrogen) atoms. The number of nitrogens with two attached hydrogens (primary N) is 1. The van der Waals surface area contributed by atoms with Crippen LogP contribution in [0.3, 0.4) is 0 Å². The summed E-state index contributed by atoms with van der Waals surface area (Å²) in [7, 11) is 1.76. The monoisotopic (exact) mass is 312 g/mol. The van der Waals surface area contributed by atoms with Gasteiger partial charge in [0.05, 0.1) is 5.25 Å². The molecular formula is C17H16N2O2S. The van der Waals surface area contributed by atoms with Crippen LogP contribution in [0.1, 0.15) is 15.9 Å². The van der Waals surface area contributed by atoms with Gasteiger partial charge in [-0.15, -0.1) is 11.8 Å². The number of primary amides is 1. The van der Waals surface area contributed by atoms with Crippen molar-refractivity contribution in [2.75, 3.05) is 11.9 Å². The van der Waals surface area contributed by atoms with Crippen molar-refractivity contribution >= 4 is 29.3 Å². The van der Waals surface area contributed by atoms with Crippen LogP contribution in [-0.2, 0) is 11.2 Å². The second-order valence-corrected chi connectivity index (χ2v) is 6.47. The first-order valence-corrected chi connectivity index (χ1v) is 7.86. The fourth-order valence-electron chi connectivity index (χ4n) is 2.51. The topological polar surface area (TPSA) is 63.4 Å². The minimum Gasteiger partial charge on any atom is -0.366 e. The van der Waals surface area contributed by atoms with Gasteiger partial charge in [-0.2, -0.15) is 0 Å². The Hall–Kier alpha value is -2.27. The number of nitrogens with zero attached hydrogens (tertiary/aromatic N) is 1. The van der Waals surface area contributed by atoms with E-state index in [4.69, 9.17) is 5.73 Å². The van der Waals surface area contributed by atoms with Crippen molar-refractivity contribution in [3.63, 3.8) is 0 Å². The van der Waals surface area contributed by atoms with E-state index >= 15 is 0 Å². The normalized spacial score (nSPS) is 16.1. The summed E-state index contributed by atoms with van der Waals surface area (Å²) in [6.45, 7) is 0. The molecule has 0 bridgehead atoms. The van der Waals surface area contributed by atoms with Gasteiger partial charge in [0.1, 0.15) is 0 Å². The lowest BCUT2D eigenvalue weighted by molar-refractivity contribution is -0.117. The van der Waals surface area contributed by atoms with Crippen molar-refractivity contribution in [2.45, 2.75) is 16.6 Å². The average Bonchev–Trinajstić information content (AvgIpc) is 2.97. The number of anilines is 1. The van der Waals surface area contributed by atoms with Crippen molar-refractivity contribution in [1.82, 2.24) is 0 Å². The quantitative estimate of drug-likeness (QED) is 0.947. The molecule has 1 aliphatic rings. The molecule has 0 saturated carbocycles. The maximum absolute atomic E-state index is 12.6. The maximum atomic E-state index is 12.6. The molecule has 0 aromatic heterocycles. The van der Waals surface area contributed by atoms with E-state index in [9.17, 15) is 9.59 Å². The lowest BCUT2D eigenvalue weighted by atomic mass is 10.1. The highest BCUT2D eigenvalue weighted by molar-refractivity contribution is 8.01. The molecule has 5 heteroatoms. The van der Waals surface area contributed by atoms with Crippen LogP contribution in [0.15, 0.2) is 53.4 Å². The van der Waals surface area contributed by atoms with Crippen molar-refractivity contribution in [1.29, 1.82) is 0 Å². The number of thioether (sulfide) groups is 1. The number of rotatable bonds is 3. The maximum Gasteiger partial charge on any atom is 0.248 e. The number of amides is 2. The number of hydrogen-bond acceptors (Lipinski definition) is 3. The van der Waals surface area contributed by atoms with E-state index in [1.807, 2.05) is 12.1 Å². The smallest absolute Gasteiger partial charge is 0.248 e. The molecule has 4 nitrogen and oxygen atoms in total. The Bertz CT molecular complexity index is 703. The first-order valence-electron chi connectivity index (χ1n) is 6.98. The van der Waals surface area contributed by atoms with Crippen molar-refractivity contribution in [3.8, 4) is 0 Å². The molecule has 1 aliphatic heterocycles. The van der Waals surface area contributed by atoms with Crippen LogP contribution in [0.25, 0.3) is 0 Å². The molecule has 1 heterocycles. The molecule has 112 valence electrons. The van der Waals surface area contributed by atoms with Gasteiger partial charge >= 0.3 is 0 Å². The highest BCUT2D eigenvalue weighted by Gasteiger charge is 2.30. The molecule has 0 unspecified atom stereocenters. The van der Waals surface area contributed by atoms with Crippen molar-refractivity contribution < 1.29 is 9.59 Å². The van der Waals surface area contributed by atoms with Gasteiger partial charge in [-0.25, -0.2) is 0 Å². The Balaban J connectivity index is 1.74. The SMILES string of the molecule is CN(C(=O)[C@H]1Cc2ccccc2S1)c1ccc(C(N)=O)cc1. The highest BCUT2D eigenvalue weighted by atomic mass is 32.2. The van der Waals surface area contributed by atoms with Crippen LogP contribution in [-0.4, -0.2) is 24.1 Å². The molecule has 2 aromatic rings. The molecule has 0 radical (unpaired) electrons. The number of fused-ring (bicyclic) bond motifs is 1. The van der Waals surface area contributed by atoms with E-state index in [0.717, 1.165) is 12.1 Å². The summed E-state index contributed by atoms with van der Waals surface area (Å²) in [5.74, 6) is -0.407. The summed E-state index contributed by atoms with van der Waals surface area (Å²) in [5, 5.41) is -0.0989. The minimum atomic E-state index is -0.470. The summed E-state index contributed by atoms with van der Waals surface area (Å²) in [5.41, 5.74) is 7.64. The van der Waals surface area contributed by atoms with Gasteiger partial charge in [0.2, 0.25) is 11.8 Å². The molecule has 2 N–H and O–H groups in total. The minimum absolute atomic E-state index is 0.0630. The second-order valence-electron chi connectivity index (χ2n) is 5.23. The fraction of sp³-hybridized carbons (Fsp3) is 0.176. The van der Waals surface area contributed by atoms with Gasteiger partial charge in [-0.1, -0.05) is 18.2 Å². The molecule has 2 aromatic carbocycles. The first-order chi connectivity index (χ1) is 10.6. The second kappa shape index (κ2) is 5.85. The largest absolute Gasteiger partial charge is 0.366 e. The Morgan fingerprint density at radius 2 is 1.82 bits per heavy atom. The molecular weight excluding hydrogens is 296 g/mol. The zero-order valence-corrected chi connectivity index (χ0v) is 13.0. The van der Waals surface area contributed by atoms with Crippen molar-refractivity contribution in [2.24, 2.45) is 5.73 Å². The lowest BCUT2D eigenvalue weighted by Crippen LogP contribution is -2.34. The van der Waals surface area contributed by atoms with Crippen LogP contribution < -0.4 is 10.6 Å². The third kappa shape index (κ3) is 2.72. The van der Waals surface area contributed by atoms with E-state index in [2.05, 4.69) is 12.1 Å². The van der Waals surface area contributed by atoms with Crippen LogP contribution in [0.5, 0.6) is 0 Å². The van der Waals surface area contributed by atoms with Gasteiger partial charge in [0.25, 0.3) is 0 Å². The number of carbonyl (C=O) groups excluding carboxylic acids is 2. The standard InChI is InChI=1S/C17H16N2O2S/c1-19(13-8-6-11(7-9-13)16(18)20)17(21)15-10-12-4-2-3-5-14(12)22-15/h2-9,15H,10H2,1H3,(H2,18,20)/t15-/m1/s1. The molecule has 2 amide bonds. The Morgan fingerprint density at radius 3 is 2.45 bits per heavy atom. The lowest BCUT2D eigenvalue weighted by Gasteiger charge is -2.20. The molecule has 0 spiro atoms. The van der Waals surface area contributed by atoms with Gasteiger partial charge in [0, 0.05) is 23.2 Å². The van der Waals surface area contributed by atoms with E-state index in [1.54, 1.807) is 48.0 Å². The van der Waals surface area contributed by atoms with Crippen LogP contribution in [0.2, 0.25) is 0 Å². The summed E-state index contributed by atoms with van der Waals surface area (Å²) in [4.78, 5) is 26.5. The van der Waals surface area contributed by atoms with Gasteiger partial charge < -0.3 is 10.6 Å². The molecule has 0 fully saturated rings. The van der Waals surface area contributed by atoms with E-state index in [1.165, 1.54) is 10.5 Å². The van der Waals surface area contributed by atoms with Crippen LogP contribution in [0.4, 0.5) is 5.69 Å². The first kappa shape index (κ1) is 14.7. The third-order valence-corrected chi connectivity index (χ3v) is 5.10. The molecule has 0 aliphatic carbocycles. The Morgan fingerprint density at radius 1 is 1.14 bits per heavy atom. The number of hydrogen-bond donors (Lipinski definition) is 1. The van der Waals surface area contributed by atoms with Gasteiger partial charge in [-0.3, -0.25) is 9.59 Å². The Labute approximate surface area is 133 Å². The van der Waals surface area contributed by atoms with E-state index in [-0.39, 0.29) is 11.2 Å². The van der Waals surface area contributed by atoms with Crippen LogP contribution in [0, 0.1) is 0 Å². The predicted octanol–water partition coefficient (Wildman–Crippen LogP) is 2.47. The van der Waals surface area contributed by atoms with Crippen molar-refractivity contribution in [3.05, 3.63) is 59.7 Å².